The number of nitriles is 1. The quantitative estimate of drug-likeness (QED) is 0.525. The SMILES string of the molecule is N#CCC1C=CCC1O. The first-order valence-corrected chi connectivity index (χ1v) is 3.06. The summed E-state index contributed by atoms with van der Waals surface area (Å²) in [5, 5.41) is 17.4. The van der Waals surface area contributed by atoms with Crippen molar-refractivity contribution < 1.29 is 5.11 Å². The number of hydrogen-bond donors (Lipinski definition) is 1. The van der Waals surface area contributed by atoms with Gasteiger partial charge in [0.2, 0.25) is 0 Å². The van der Waals surface area contributed by atoms with E-state index in [0.717, 1.165) is 0 Å². The van der Waals surface area contributed by atoms with Crippen LogP contribution in [0.2, 0.25) is 0 Å². The van der Waals surface area contributed by atoms with Crippen LogP contribution < -0.4 is 0 Å². The molecule has 0 heterocycles. The van der Waals surface area contributed by atoms with Gasteiger partial charge in [0, 0.05) is 12.3 Å². The summed E-state index contributed by atoms with van der Waals surface area (Å²) < 4.78 is 0. The van der Waals surface area contributed by atoms with Gasteiger partial charge in [0.15, 0.2) is 0 Å². The molecule has 0 aromatic heterocycles. The maximum Gasteiger partial charge on any atom is 0.0647 e. The molecule has 2 heteroatoms. The van der Waals surface area contributed by atoms with Crippen molar-refractivity contribution in [3.8, 4) is 6.07 Å². The van der Waals surface area contributed by atoms with Crippen LogP contribution in [0.15, 0.2) is 12.2 Å². The molecule has 2 unspecified atom stereocenters. The molecule has 0 saturated carbocycles. The van der Waals surface area contributed by atoms with E-state index < -0.39 is 0 Å². The molecule has 0 radical (unpaired) electrons. The number of aliphatic hydroxyl groups excluding tert-OH is 1. The Hall–Kier alpha value is -0.810. The molecule has 0 amide bonds. The second-order valence-electron chi connectivity index (χ2n) is 2.26. The van der Waals surface area contributed by atoms with Gasteiger partial charge in [0.25, 0.3) is 0 Å². The highest BCUT2D eigenvalue weighted by Gasteiger charge is 2.18. The van der Waals surface area contributed by atoms with Gasteiger partial charge in [-0.3, -0.25) is 0 Å². The van der Waals surface area contributed by atoms with Crippen LogP contribution in [0.1, 0.15) is 12.8 Å². The third-order valence-corrected chi connectivity index (χ3v) is 1.58. The zero-order valence-corrected chi connectivity index (χ0v) is 5.12. The smallest absolute Gasteiger partial charge is 0.0647 e. The van der Waals surface area contributed by atoms with Crippen LogP contribution in [0, 0.1) is 17.2 Å². The summed E-state index contributed by atoms with van der Waals surface area (Å²) >= 11 is 0. The van der Waals surface area contributed by atoms with E-state index >= 15 is 0 Å². The van der Waals surface area contributed by atoms with E-state index in [1.807, 2.05) is 18.2 Å². The van der Waals surface area contributed by atoms with Crippen LogP contribution in [0.5, 0.6) is 0 Å². The van der Waals surface area contributed by atoms with Crippen molar-refractivity contribution in [2.75, 3.05) is 0 Å². The van der Waals surface area contributed by atoms with Gasteiger partial charge in [0.1, 0.15) is 0 Å². The number of hydrogen-bond acceptors (Lipinski definition) is 2. The van der Waals surface area contributed by atoms with E-state index in [4.69, 9.17) is 10.4 Å². The molecule has 1 rings (SSSR count). The minimum atomic E-state index is -0.301. The predicted octanol–water partition coefficient (Wildman–Crippen LogP) is 0.837. The van der Waals surface area contributed by atoms with Crippen molar-refractivity contribution >= 4 is 0 Å². The van der Waals surface area contributed by atoms with Crippen molar-refractivity contribution in [1.82, 2.24) is 0 Å². The van der Waals surface area contributed by atoms with E-state index in [2.05, 4.69) is 0 Å². The normalized spacial score (nSPS) is 32.4. The van der Waals surface area contributed by atoms with Gasteiger partial charge in [-0.25, -0.2) is 0 Å². The average molecular weight is 123 g/mol. The van der Waals surface area contributed by atoms with Crippen molar-refractivity contribution in [2.45, 2.75) is 18.9 Å². The van der Waals surface area contributed by atoms with E-state index in [1.54, 1.807) is 0 Å². The van der Waals surface area contributed by atoms with Crippen LogP contribution >= 0.6 is 0 Å². The zero-order valence-electron chi connectivity index (χ0n) is 5.12. The van der Waals surface area contributed by atoms with Gasteiger partial charge >= 0.3 is 0 Å². The highest BCUT2D eigenvalue weighted by Crippen LogP contribution is 2.20. The topological polar surface area (TPSA) is 44.0 Å². The summed E-state index contributed by atoms with van der Waals surface area (Å²) in [4.78, 5) is 0. The fourth-order valence-corrected chi connectivity index (χ4v) is 1.01. The Balaban J connectivity index is 2.42. The number of rotatable bonds is 1. The highest BCUT2D eigenvalue weighted by atomic mass is 16.3. The van der Waals surface area contributed by atoms with E-state index in [9.17, 15) is 0 Å². The van der Waals surface area contributed by atoms with Crippen LogP contribution in [-0.2, 0) is 0 Å². The van der Waals surface area contributed by atoms with Gasteiger partial charge in [-0.1, -0.05) is 12.2 Å². The molecule has 2 atom stereocenters. The maximum atomic E-state index is 9.11. The predicted molar refractivity (Wildman–Crippen MR) is 33.5 cm³/mol. The first kappa shape index (κ1) is 6.31. The minimum Gasteiger partial charge on any atom is -0.392 e. The summed E-state index contributed by atoms with van der Waals surface area (Å²) in [6.07, 6.45) is 4.69. The van der Waals surface area contributed by atoms with Crippen LogP contribution in [0.4, 0.5) is 0 Å². The molecule has 0 fully saturated rings. The molecule has 0 saturated heterocycles. The second-order valence-corrected chi connectivity index (χ2v) is 2.26. The molecule has 1 N–H and O–H groups in total. The average Bonchev–Trinajstić information content (AvgIpc) is 2.18. The first-order chi connectivity index (χ1) is 4.34. The summed E-state index contributed by atoms with van der Waals surface area (Å²) in [7, 11) is 0. The van der Waals surface area contributed by atoms with Crippen molar-refractivity contribution in [3.63, 3.8) is 0 Å². The lowest BCUT2D eigenvalue weighted by Crippen LogP contribution is -2.12. The van der Waals surface area contributed by atoms with Crippen LogP contribution in [0.3, 0.4) is 0 Å². The molecule has 0 aromatic rings. The molecular weight excluding hydrogens is 114 g/mol. The molecule has 0 spiro atoms. The zero-order chi connectivity index (χ0) is 6.69. The fourth-order valence-electron chi connectivity index (χ4n) is 1.01. The standard InChI is InChI=1S/C7H9NO/c8-5-4-6-2-1-3-7(6)9/h1-2,6-7,9H,3-4H2. The number of nitrogens with zero attached hydrogens (tertiary/aromatic N) is 1. The Morgan fingerprint density at radius 3 is 3.00 bits per heavy atom. The molecule has 0 aliphatic heterocycles. The Morgan fingerprint density at radius 2 is 2.56 bits per heavy atom. The Labute approximate surface area is 54.4 Å². The third-order valence-electron chi connectivity index (χ3n) is 1.58. The van der Waals surface area contributed by atoms with Gasteiger partial charge in [0.05, 0.1) is 12.2 Å². The fraction of sp³-hybridized carbons (Fsp3) is 0.571. The molecular formula is C7H9NO. The molecule has 48 valence electrons. The van der Waals surface area contributed by atoms with E-state index in [0.29, 0.717) is 12.8 Å². The minimum absolute atomic E-state index is 0.0926. The Bertz CT molecular complexity index is 157. The molecule has 2 nitrogen and oxygen atoms in total. The molecule has 9 heavy (non-hydrogen) atoms. The van der Waals surface area contributed by atoms with E-state index in [1.165, 1.54) is 0 Å². The molecule has 0 aromatic carbocycles. The largest absolute Gasteiger partial charge is 0.392 e. The monoisotopic (exact) mass is 123 g/mol. The molecule has 1 aliphatic carbocycles. The van der Waals surface area contributed by atoms with Gasteiger partial charge in [-0.2, -0.15) is 5.26 Å². The lowest BCUT2D eigenvalue weighted by Gasteiger charge is -2.07. The summed E-state index contributed by atoms with van der Waals surface area (Å²) in [6, 6.07) is 2.03. The highest BCUT2D eigenvalue weighted by molar-refractivity contribution is 5.04. The van der Waals surface area contributed by atoms with E-state index in [-0.39, 0.29) is 12.0 Å². The van der Waals surface area contributed by atoms with Crippen molar-refractivity contribution in [2.24, 2.45) is 5.92 Å². The van der Waals surface area contributed by atoms with Gasteiger partial charge in [-0.15, -0.1) is 0 Å². The van der Waals surface area contributed by atoms with Gasteiger partial charge < -0.3 is 5.11 Å². The lowest BCUT2D eigenvalue weighted by molar-refractivity contribution is 0.145. The summed E-state index contributed by atoms with van der Waals surface area (Å²) in [5.41, 5.74) is 0. The molecule has 0 bridgehead atoms. The third kappa shape index (κ3) is 1.30. The molecule has 1 aliphatic rings. The van der Waals surface area contributed by atoms with Crippen molar-refractivity contribution in [1.29, 1.82) is 5.26 Å². The van der Waals surface area contributed by atoms with Gasteiger partial charge in [-0.05, 0) is 6.42 Å². The summed E-state index contributed by atoms with van der Waals surface area (Å²) in [6.45, 7) is 0. The maximum absolute atomic E-state index is 9.11. The first-order valence-electron chi connectivity index (χ1n) is 3.06. The number of aliphatic hydroxyl groups is 1. The Morgan fingerprint density at radius 1 is 1.78 bits per heavy atom. The Kier molecular flexibility index (Phi) is 1.86. The second kappa shape index (κ2) is 2.65. The van der Waals surface area contributed by atoms with Crippen molar-refractivity contribution in [3.05, 3.63) is 12.2 Å². The lowest BCUT2D eigenvalue weighted by atomic mass is 10.0. The van der Waals surface area contributed by atoms with Crippen LogP contribution in [0.25, 0.3) is 0 Å². The summed E-state index contributed by atoms with van der Waals surface area (Å²) in [5.74, 6) is 0.0926. The van der Waals surface area contributed by atoms with Crippen LogP contribution in [-0.4, -0.2) is 11.2 Å².